The molecule has 3 heteroatoms. The largest absolute Gasteiger partial charge is 0.296 e. The molecule has 1 rings (SSSR count). The number of likely N-dealkylation sites (tertiary alicyclic amines) is 1. The van der Waals surface area contributed by atoms with Gasteiger partial charge in [-0.1, -0.05) is 33.6 Å². The monoisotopic (exact) mass is 237 g/mol. The first-order chi connectivity index (χ1) is 5.38. The van der Waals surface area contributed by atoms with Gasteiger partial charge in [0, 0.05) is 23.5 Å². The molecule has 0 radical (unpaired) electrons. The van der Waals surface area contributed by atoms with Crippen molar-refractivity contribution in [3.05, 3.63) is 11.6 Å². The number of alkyl halides is 1. The lowest BCUT2D eigenvalue weighted by Gasteiger charge is -2.20. The van der Waals surface area contributed by atoms with Crippen LogP contribution >= 0.6 is 27.5 Å². The van der Waals surface area contributed by atoms with Crippen molar-refractivity contribution in [2.24, 2.45) is 0 Å². The minimum absolute atomic E-state index is 0.725. The lowest BCUT2D eigenvalue weighted by molar-refractivity contribution is 0.303. The Morgan fingerprint density at radius 3 is 3.09 bits per heavy atom. The highest BCUT2D eigenvalue weighted by Crippen LogP contribution is 2.18. The van der Waals surface area contributed by atoms with Gasteiger partial charge in [-0.3, -0.25) is 4.90 Å². The molecule has 1 aliphatic rings. The van der Waals surface area contributed by atoms with Gasteiger partial charge >= 0.3 is 0 Å². The molecule has 1 aliphatic heterocycles. The Labute approximate surface area is 81.5 Å². The van der Waals surface area contributed by atoms with Gasteiger partial charge in [-0.15, -0.1) is 0 Å². The van der Waals surface area contributed by atoms with Gasteiger partial charge in [-0.25, -0.2) is 0 Å². The summed E-state index contributed by atoms with van der Waals surface area (Å²) in [5, 5.41) is 1.09. The van der Waals surface area contributed by atoms with Gasteiger partial charge in [-0.05, 0) is 19.4 Å². The van der Waals surface area contributed by atoms with Crippen LogP contribution in [0.3, 0.4) is 0 Å². The first kappa shape index (κ1) is 9.56. The van der Waals surface area contributed by atoms with Gasteiger partial charge < -0.3 is 0 Å². The normalized spacial score (nSPS) is 26.9. The molecule has 1 fully saturated rings. The van der Waals surface area contributed by atoms with Crippen LogP contribution in [0.15, 0.2) is 11.6 Å². The zero-order chi connectivity index (χ0) is 8.10. The highest BCUT2D eigenvalue weighted by Gasteiger charge is 2.21. The summed E-state index contributed by atoms with van der Waals surface area (Å²) in [6, 6.07) is 0.725. The van der Waals surface area contributed by atoms with Crippen molar-refractivity contribution < 1.29 is 0 Å². The van der Waals surface area contributed by atoms with E-state index in [-0.39, 0.29) is 0 Å². The van der Waals surface area contributed by atoms with Crippen LogP contribution in [-0.4, -0.2) is 29.4 Å². The topological polar surface area (TPSA) is 3.24 Å². The predicted molar refractivity (Wildman–Crippen MR) is 53.4 cm³/mol. The van der Waals surface area contributed by atoms with Crippen molar-refractivity contribution in [3.8, 4) is 0 Å². The molecule has 1 nitrogen and oxygen atoms in total. The summed E-state index contributed by atoms with van der Waals surface area (Å²) >= 11 is 8.96. The van der Waals surface area contributed by atoms with E-state index in [4.69, 9.17) is 11.6 Å². The smallest absolute Gasteiger partial charge is 0.0196 e. The summed E-state index contributed by atoms with van der Waals surface area (Å²) in [6.07, 6.45) is 4.65. The summed E-state index contributed by atoms with van der Waals surface area (Å²) in [5.74, 6) is 0. The number of nitrogens with zero attached hydrogens (tertiary/aromatic N) is 1. The Hall–Kier alpha value is 0.470. The van der Waals surface area contributed by atoms with Crippen LogP contribution in [0.25, 0.3) is 0 Å². The maximum Gasteiger partial charge on any atom is 0.0196 e. The number of halogens is 2. The highest BCUT2D eigenvalue weighted by atomic mass is 79.9. The van der Waals surface area contributed by atoms with Gasteiger partial charge in [0.1, 0.15) is 0 Å². The first-order valence-electron chi connectivity index (χ1n) is 3.93. The third-order valence-corrected chi connectivity index (χ3v) is 3.03. The fourth-order valence-corrected chi connectivity index (χ4v) is 2.30. The fourth-order valence-electron chi connectivity index (χ4n) is 1.49. The van der Waals surface area contributed by atoms with Crippen LogP contribution in [-0.2, 0) is 0 Å². The minimum atomic E-state index is 0.725. The molecule has 0 aliphatic carbocycles. The molecule has 0 N–H and O–H groups in total. The van der Waals surface area contributed by atoms with Gasteiger partial charge in [0.2, 0.25) is 0 Å². The average Bonchev–Trinajstić information content (AvgIpc) is 2.47. The zero-order valence-electron chi connectivity index (χ0n) is 6.47. The molecule has 0 amide bonds. The SMILES string of the molecule is Cl/C=C/CN1CCCC1CBr. The van der Waals surface area contributed by atoms with Crippen LogP contribution in [0.2, 0.25) is 0 Å². The molecule has 0 saturated carbocycles. The Morgan fingerprint density at radius 2 is 2.45 bits per heavy atom. The van der Waals surface area contributed by atoms with E-state index in [2.05, 4.69) is 20.8 Å². The van der Waals surface area contributed by atoms with Crippen molar-refractivity contribution in [1.29, 1.82) is 0 Å². The van der Waals surface area contributed by atoms with E-state index in [9.17, 15) is 0 Å². The maximum atomic E-state index is 5.45. The second-order valence-corrected chi connectivity index (χ2v) is 3.71. The third kappa shape index (κ3) is 2.77. The number of rotatable bonds is 3. The van der Waals surface area contributed by atoms with Crippen molar-refractivity contribution >= 4 is 27.5 Å². The second kappa shape index (κ2) is 5.18. The maximum absolute atomic E-state index is 5.45. The Balaban J connectivity index is 2.31. The van der Waals surface area contributed by atoms with Crippen molar-refractivity contribution in [3.63, 3.8) is 0 Å². The fraction of sp³-hybridized carbons (Fsp3) is 0.750. The second-order valence-electron chi connectivity index (χ2n) is 2.81. The van der Waals surface area contributed by atoms with Gasteiger partial charge in [0.05, 0.1) is 0 Å². The molecular formula is C8H13BrClN. The van der Waals surface area contributed by atoms with E-state index in [1.54, 1.807) is 5.54 Å². The summed E-state index contributed by atoms with van der Waals surface area (Å²) in [5.41, 5.74) is 1.60. The number of hydrogen-bond acceptors (Lipinski definition) is 1. The third-order valence-electron chi connectivity index (χ3n) is 2.11. The lowest BCUT2D eigenvalue weighted by Crippen LogP contribution is -2.30. The Morgan fingerprint density at radius 1 is 1.64 bits per heavy atom. The van der Waals surface area contributed by atoms with E-state index in [0.717, 1.165) is 17.9 Å². The van der Waals surface area contributed by atoms with Gasteiger partial charge in [0.25, 0.3) is 0 Å². The van der Waals surface area contributed by atoms with Crippen molar-refractivity contribution in [2.75, 3.05) is 18.4 Å². The molecule has 1 heterocycles. The Kier molecular flexibility index (Phi) is 4.50. The molecule has 1 atom stereocenters. The quantitative estimate of drug-likeness (QED) is 0.683. The molecule has 11 heavy (non-hydrogen) atoms. The standard InChI is InChI=1S/C8H13BrClN/c9-7-8-3-1-5-11(8)6-2-4-10/h2,4,8H,1,3,5-7H2/b4-2+. The molecule has 1 unspecified atom stereocenters. The summed E-state index contributed by atoms with van der Waals surface area (Å²) in [7, 11) is 0. The molecule has 64 valence electrons. The molecule has 0 aromatic carbocycles. The first-order valence-corrected chi connectivity index (χ1v) is 5.49. The number of hydrogen-bond donors (Lipinski definition) is 0. The molecular weight excluding hydrogens is 225 g/mol. The summed E-state index contributed by atoms with van der Waals surface area (Å²) in [6.45, 7) is 2.22. The molecule has 0 aromatic rings. The van der Waals surface area contributed by atoms with Crippen LogP contribution in [0.5, 0.6) is 0 Å². The molecule has 0 bridgehead atoms. The van der Waals surface area contributed by atoms with Crippen LogP contribution in [0.1, 0.15) is 12.8 Å². The summed E-state index contributed by atoms with van der Waals surface area (Å²) in [4.78, 5) is 2.45. The lowest BCUT2D eigenvalue weighted by atomic mass is 10.2. The van der Waals surface area contributed by atoms with E-state index < -0.39 is 0 Å². The van der Waals surface area contributed by atoms with Crippen LogP contribution < -0.4 is 0 Å². The Bertz CT molecular complexity index is 138. The molecule has 1 saturated heterocycles. The zero-order valence-corrected chi connectivity index (χ0v) is 8.81. The minimum Gasteiger partial charge on any atom is -0.296 e. The van der Waals surface area contributed by atoms with Gasteiger partial charge in [-0.2, -0.15) is 0 Å². The van der Waals surface area contributed by atoms with Crippen molar-refractivity contribution in [1.82, 2.24) is 4.90 Å². The highest BCUT2D eigenvalue weighted by molar-refractivity contribution is 9.09. The molecule has 0 aromatic heterocycles. The average molecular weight is 239 g/mol. The van der Waals surface area contributed by atoms with Gasteiger partial charge in [0.15, 0.2) is 0 Å². The molecule has 0 spiro atoms. The van der Waals surface area contributed by atoms with Crippen molar-refractivity contribution in [2.45, 2.75) is 18.9 Å². The summed E-state index contributed by atoms with van der Waals surface area (Å²) < 4.78 is 0. The van der Waals surface area contributed by atoms with E-state index in [1.807, 2.05) is 6.08 Å². The van der Waals surface area contributed by atoms with E-state index >= 15 is 0 Å². The van der Waals surface area contributed by atoms with Crippen LogP contribution in [0, 0.1) is 0 Å². The van der Waals surface area contributed by atoms with E-state index in [1.165, 1.54) is 19.4 Å². The van der Waals surface area contributed by atoms with Crippen LogP contribution in [0.4, 0.5) is 0 Å². The van der Waals surface area contributed by atoms with E-state index in [0.29, 0.717) is 0 Å². The predicted octanol–water partition coefficient (Wildman–Crippen LogP) is 2.60.